The van der Waals surface area contributed by atoms with Gasteiger partial charge in [0.15, 0.2) is 15.6 Å². The molecular weight excluding hydrogens is 594 g/mol. The number of ketones is 1. The van der Waals surface area contributed by atoms with Gasteiger partial charge in [-0.1, -0.05) is 30.3 Å². The van der Waals surface area contributed by atoms with Crippen molar-refractivity contribution in [3.63, 3.8) is 0 Å². The fourth-order valence-electron chi connectivity index (χ4n) is 5.37. The first-order valence-electron chi connectivity index (χ1n) is 14.9. The number of rotatable bonds is 13. The molecule has 11 heteroatoms. The molecule has 0 fully saturated rings. The van der Waals surface area contributed by atoms with Crippen LogP contribution in [0.15, 0.2) is 90.3 Å². The smallest absolute Gasteiger partial charge is 0.307 e. The van der Waals surface area contributed by atoms with Crippen molar-refractivity contribution in [3.05, 3.63) is 113 Å². The van der Waals surface area contributed by atoms with Crippen LogP contribution in [0, 0.1) is 0 Å². The molecule has 45 heavy (non-hydrogen) atoms. The van der Waals surface area contributed by atoms with Crippen LogP contribution in [-0.2, 0) is 38.1 Å². The highest BCUT2D eigenvalue weighted by Gasteiger charge is 2.28. The number of hydrogen-bond donors (Lipinski definition) is 1. The largest absolute Gasteiger partial charge is 0.484 e. The van der Waals surface area contributed by atoms with Gasteiger partial charge in [-0.25, -0.2) is 13.4 Å². The molecule has 1 aliphatic rings. The van der Waals surface area contributed by atoms with Gasteiger partial charge in [0.25, 0.3) is 5.91 Å². The van der Waals surface area contributed by atoms with Gasteiger partial charge in [0.2, 0.25) is 0 Å². The van der Waals surface area contributed by atoms with Crippen LogP contribution in [0.25, 0.3) is 0 Å². The molecule has 0 aliphatic heterocycles. The first-order valence-corrected chi connectivity index (χ1v) is 16.5. The lowest BCUT2D eigenvalue weighted by Gasteiger charge is -2.25. The first kappa shape index (κ1) is 31.6. The number of nitrogens with one attached hydrogen (secondary N) is 1. The summed E-state index contributed by atoms with van der Waals surface area (Å²) < 4.78 is 41.0. The van der Waals surface area contributed by atoms with E-state index in [4.69, 9.17) is 9.47 Å². The molecule has 0 spiro atoms. The number of carbonyl (C=O) groups is 3. The van der Waals surface area contributed by atoms with Gasteiger partial charge < -0.3 is 19.4 Å². The van der Waals surface area contributed by atoms with Crippen molar-refractivity contribution >= 4 is 27.5 Å². The second kappa shape index (κ2) is 14.3. The Morgan fingerprint density at radius 3 is 2.51 bits per heavy atom. The standard InChI is InChI=1S/C34H35N3O7S/c1-2-43-33(39)17-18-36-34(40)25-11-13-26(14-12-25)45(41,42)22-29-27-9-6-10-30(38)28(27)15-16-31(29)44-32(21-37-20-19-35-23-37)24-7-4-3-5-8-24/h3-5,7-8,11-16,19-20,23,32H,2,6,9-10,17-18,21-22H2,1H3,(H,36,40). The molecule has 1 unspecified atom stereocenters. The summed E-state index contributed by atoms with van der Waals surface area (Å²) in [5.74, 6) is -0.837. The van der Waals surface area contributed by atoms with Crippen LogP contribution in [-0.4, -0.2) is 48.8 Å². The molecule has 1 aromatic heterocycles. The Labute approximate surface area is 262 Å². The molecular formula is C34H35N3O7S. The summed E-state index contributed by atoms with van der Waals surface area (Å²) in [7, 11) is -3.91. The number of ether oxygens (including phenoxy) is 2. The Morgan fingerprint density at radius 1 is 1.02 bits per heavy atom. The minimum absolute atomic E-state index is 0.0159. The third-order valence-corrected chi connectivity index (χ3v) is 9.28. The SMILES string of the molecule is CCOC(=O)CCNC(=O)c1ccc(S(=O)(=O)Cc2c(OC(Cn3ccnc3)c3ccccc3)ccc3c2CCCC3=O)cc1. The molecule has 1 N–H and O–H groups in total. The summed E-state index contributed by atoms with van der Waals surface area (Å²) in [6.45, 7) is 2.51. The average molecular weight is 630 g/mol. The lowest BCUT2D eigenvalue weighted by Crippen LogP contribution is -2.26. The monoisotopic (exact) mass is 629 g/mol. The summed E-state index contributed by atoms with van der Waals surface area (Å²) in [6.07, 6.45) is 6.39. The van der Waals surface area contributed by atoms with Crippen LogP contribution in [0.2, 0.25) is 0 Å². The van der Waals surface area contributed by atoms with Crippen LogP contribution < -0.4 is 10.1 Å². The van der Waals surface area contributed by atoms with Crippen molar-refractivity contribution in [3.8, 4) is 5.75 Å². The van der Waals surface area contributed by atoms with E-state index in [-0.39, 0.29) is 41.6 Å². The summed E-state index contributed by atoms with van der Waals surface area (Å²) >= 11 is 0. The minimum Gasteiger partial charge on any atom is -0.484 e. The number of aromatic nitrogens is 2. The van der Waals surface area contributed by atoms with E-state index in [0.29, 0.717) is 48.2 Å². The zero-order valence-electron chi connectivity index (χ0n) is 25.0. The summed E-state index contributed by atoms with van der Waals surface area (Å²) in [4.78, 5) is 41.1. The van der Waals surface area contributed by atoms with Crippen molar-refractivity contribution in [1.29, 1.82) is 0 Å². The molecule has 3 aromatic carbocycles. The molecule has 0 saturated carbocycles. The quantitative estimate of drug-likeness (QED) is 0.207. The Morgan fingerprint density at radius 2 is 1.80 bits per heavy atom. The molecule has 1 heterocycles. The highest BCUT2D eigenvalue weighted by Crippen LogP contribution is 2.36. The lowest BCUT2D eigenvalue weighted by molar-refractivity contribution is -0.142. The van der Waals surface area contributed by atoms with Crippen LogP contribution in [0.3, 0.4) is 0 Å². The Kier molecular flexibility index (Phi) is 10.1. The number of esters is 1. The Bertz CT molecular complexity index is 1750. The fraction of sp³-hybridized carbons (Fsp3) is 0.294. The fourth-order valence-corrected chi connectivity index (χ4v) is 6.78. The number of amides is 1. The summed E-state index contributed by atoms with van der Waals surface area (Å²) in [5.41, 5.74) is 2.85. The minimum atomic E-state index is -3.91. The second-order valence-electron chi connectivity index (χ2n) is 10.7. The van der Waals surface area contributed by atoms with Gasteiger partial charge in [-0.2, -0.15) is 0 Å². The maximum Gasteiger partial charge on any atom is 0.307 e. The molecule has 0 saturated heterocycles. The van der Waals surface area contributed by atoms with Gasteiger partial charge in [0.1, 0.15) is 11.9 Å². The zero-order valence-corrected chi connectivity index (χ0v) is 25.8. The third kappa shape index (κ3) is 7.85. The molecule has 1 aliphatic carbocycles. The molecule has 234 valence electrons. The lowest BCUT2D eigenvalue weighted by atomic mass is 9.87. The van der Waals surface area contributed by atoms with E-state index < -0.39 is 27.8 Å². The molecule has 4 aromatic rings. The van der Waals surface area contributed by atoms with Crippen molar-refractivity contribution in [2.75, 3.05) is 13.2 Å². The summed E-state index contributed by atoms with van der Waals surface area (Å²) in [6, 6.07) is 18.7. The van der Waals surface area contributed by atoms with Crippen molar-refractivity contribution in [2.45, 2.75) is 55.9 Å². The number of sulfone groups is 1. The highest BCUT2D eigenvalue weighted by atomic mass is 32.2. The number of fused-ring (bicyclic) bond motifs is 1. The molecule has 1 atom stereocenters. The van der Waals surface area contributed by atoms with E-state index in [1.54, 1.807) is 31.6 Å². The second-order valence-corrected chi connectivity index (χ2v) is 12.7. The van der Waals surface area contributed by atoms with E-state index in [1.165, 1.54) is 24.3 Å². The molecule has 1 amide bonds. The van der Waals surface area contributed by atoms with E-state index in [1.807, 2.05) is 41.1 Å². The Balaban J connectivity index is 1.41. The van der Waals surface area contributed by atoms with Crippen LogP contribution in [0.4, 0.5) is 0 Å². The molecule has 10 nitrogen and oxygen atoms in total. The van der Waals surface area contributed by atoms with Crippen LogP contribution in [0.5, 0.6) is 5.75 Å². The van der Waals surface area contributed by atoms with E-state index in [0.717, 1.165) is 5.56 Å². The topological polar surface area (TPSA) is 134 Å². The van der Waals surface area contributed by atoms with E-state index in [9.17, 15) is 22.8 Å². The number of imidazole rings is 1. The maximum absolute atomic E-state index is 13.8. The van der Waals surface area contributed by atoms with Gasteiger partial charge >= 0.3 is 5.97 Å². The van der Waals surface area contributed by atoms with Gasteiger partial charge in [0, 0.05) is 42.0 Å². The number of hydrogen-bond acceptors (Lipinski definition) is 8. The van der Waals surface area contributed by atoms with E-state index in [2.05, 4.69) is 10.3 Å². The third-order valence-electron chi connectivity index (χ3n) is 7.63. The summed E-state index contributed by atoms with van der Waals surface area (Å²) in [5, 5.41) is 2.64. The first-order chi connectivity index (χ1) is 21.7. The maximum atomic E-state index is 13.8. The number of benzene rings is 3. The highest BCUT2D eigenvalue weighted by molar-refractivity contribution is 7.90. The molecule has 0 radical (unpaired) electrons. The Hall–Kier alpha value is -4.77. The van der Waals surface area contributed by atoms with Crippen LogP contribution in [0.1, 0.15) is 69.7 Å². The van der Waals surface area contributed by atoms with Crippen molar-refractivity contribution in [2.24, 2.45) is 0 Å². The molecule has 0 bridgehead atoms. The van der Waals surface area contributed by atoms with Gasteiger partial charge in [-0.05, 0) is 67.3 Å². The zero-order chi connectivity index (χ0) is 31.8. The predicted octanol–water partition coefficient (Wildman–Crippen LogP) is 4.88. The van der Waals surface area contributed by atoms with Gasteiger partial charge in [0.05, 0.1) is 36.5 Å². The van der Waals surface area contributed by atoms with Crippen molar-refractivity contribution < 1.29 is 32.3 Å². The van der Waals surface area contributed by atoms with Crippen molar-refractivity contribution in [1.82, 2.24) is 14.9 Å². The normalized spacial score (nSPS) is 13.5. The number of carbonyl (C=O) groups excluding carboxylic acids is 3. The van der Waals surface area contributed by atoms with E-state index >= 15 is 0 Å². The molecule has 5 rings (SSSR count). The predicted molar refractivity (Wildman–Crippen MR) is 167 cm³/mol. The number of nitrogens with zero attached hydrogens (tertiary/aromatic N) is 2. The average Bonchev–Trinajstić information content (AvgIpc) is 3.56. The van der Waals surface area contributed by atoms with Crippen LogP contribution >= 0.6 is 0 Å². The van der Waals surface area contributed by atoms with Gasteiger partial charge in [-0.3, -0.25) is 14.4 Å². The number of Topliss-reactive ketones (excluding diaryl/α,β-unsaturated/α-hetero) is 1. The van der Waals surface area contributed by atoms with Gasteiger partial charge in [-0.15, -0.1) is 0 Å².